The number of carbonyl (C=O) groups is 1. The summed E-state index contributed by atoms with van der Waals surface area (Å²) in [6.07, 6.45) is 3.04. The van der Waals surface area contributed by atoms with Crippen LogP contribution in [0.5, 0.6) is 0 Å². The Kier molecular flexibility index (Phi) is 4.03. The molecule has 2 heterocycles. The predicted octanol–water partition coefficient (Wildman–Crippen LogP) is 0.863. The number of carbonyl (C=O) groups excluding carboxylic acids is 1. The number of aliphatic hydroxyl groups excluding tert-OH is 1. The van der Waals surface area contributed by atoms with Crippen molar-refractivity contribution in [2.45, 2.75) is 25.3 Å². The van der Waals surface area contributed by atoms with Crippen molar-refractivity contribution in [3.05, 3.63) is 5.56 Å². The monoisotopic (exact) mass is 271 g/mol. The van der Waals surface area contributed by atoms with Crippen LogP contribution >= 0.6 is 11.5 Å². The molecule has 1 unspecified atom stereocenters. The minimum absolute atomic E-state index is 0.0296. The van der Waals surface area contributed by atoms with E-state index in [2.05, 4.69) is 4.37 Å². The molecule has 3 N–H and O–H groups in total. The molecule has 0 aliphatic carbocycles. The van der Waals surface area contributed by atoms with Crippen LogP contribution in [0.15, 0.2) is 0 Å². The van der Waals surface area contributed by atoms with E-state index in [1.165, 1.54) is 18.6 Å². The second kappa shape index (κ2) is 5.53. The van der Waals surface area contributed by atoms with E-state index in [1.54, 1.807) is 0 Å². The Bertz CT molecular complexity index is 435. The van der Waals surface area contributed by atoms with Crippen LogP contribution in [-0.2, 0) is 4.74 Å². The molecule has 0 bridgehead atoms. The molecule has 6 nitrogen and oxygen atoms in total. The summed E-state index contributed by atoms with van der Waals surface area (Å²) in [4.78, 5) is 13.7. The first-order chi connectivity index (χ1) is 8.69. The first-order valence-corrected chi connectivity index (χ1v) is 6.67. The van der Waals surface area contributed by atoms with Gasteiger partial charge in [-0.2, -0.15) is 4.37 Å². The van der Waals surface area contributed by atoms with E-state index < -0.39 is 5.97 Å². The summed E-state index contributed by atoms with van der Waals surface area (Å²) in [5, 5.41) is 10.1. The molecule has 0 radical (unpaired) electrons. The minimum atomic E-state index is -0.474. The van der Waals surface area contributed by atoms with E-state index in [1.807, 2.05) is 4.90 Å². The Morgan fingerprint density at radius 1 is 1.67 bits per heavy atom. The average Bonchev–Trinajstić information content (AvgIpc) is 2.79. The number of aliphatic hydroxyl groups is 1. The number of ether oxygens (including phenoxy) is 1. The van der Waals surface area contributed by atoms with Gasteiger partial charge in [-0.1, -0.05) is 0 Å². The number of nitrogen functional groups attached to an aromatic ring is 1. The maximum Gasteiger partial charge on any atom is 0.344 e. The van der Waals surface area contributed by atoms with Gasteiger partial charge < -0.3 is 20.5 Å². The van der Waals surface area contributed by atoms with Crippen LogP contribution in [0.4, 0.5) is 10.8 Å². The molecular formula is C11H17N3O3S. The zero-order chi connectivity index (χ0) is 13.1. The van der Waals surface area contributed by atoms with Crippen LogP contribution in [0.1, 0.15) is 29.6 Å². The van der Waals surface area contributed by atoms with Gasteiger partial charge in [0.05, 0.1) is 19.8 Å². The lowest BCUT2D eigenvalue weighted by Gasteiger charge is -2.35. The van der Waals surface area contributed by atoms with Gasteiger partial charge in [0.15, 0.2) is 5.82 Å². The van der Waals surface area contributed by atoms with Crippen molar-refractivity contribution in [2.24, 2.45) is 0 Å². The standard InChI is InChI=1S/C11H17N3O3S/c1-17-11(16)8-9(12)13-18-10(8)14-5-3-2-4-7(14)6-15/h7,15H,2-6H2,1H3,(H2,12,13). The summed E-state index contributed by atoms with van der Waals surface area (Å²) in [7, 11) is 1.32. The SMILES string of the molecule is COC(=O)c1c(N)nsc1N1CCCCC1CO. The van der Waals surface area contributed by atoms with Gasteiger partial charge in [0.1, 0.15) is 10.6 Å². The number of rotatable bonds is 3. The Hall–Kier alpha value is -1.34. The molecular weight excluding hydrogens is 254 g/mol. The molecule has 18 heavy (non-hydrogen) atoms. The van der Waals surface area contributed by atoms with Crippen LogP contribution in [0.25, 0.3) is 0 Å². The largest absolute Gasteiger partial charge is 0.465 e. The normalized spacial score (nSPS) is 19.9. The lowest BCUT2D eigenvalue weighted by molar-refractivity contribution is 0.0602. The summed E-state index contributed by atoms with van der Waals surface area (Å²) in [6, 6.07) is 0.0296. The third-order valence-corrected chi connectivity index (χ3v) is 4.09. The zero-order valence-corrected chi connectivity index (χ0v) is 11.1. The summed E-state index contributed by atoms with van der Waals surface area (Å²) in [5.74, 6) is -0.275. The van der Waals surface area contributed by atoms with Gasteiger partial charge in [-0.3, -0.25) is 0 Å². The van der Waals surface area contributed by atoms with Crippen LogP contribution in [0, 0.1) is 0 Å². The average molecular weight is 271 g/mol. The third-order valence-electron chi connectivity index (χ3n) is 3.19. The van der Waals surface area contributed by atoms with E-state index in [0.717, 1.165) is 25.8 Å². The molecule has 0 saturated carbocycles. The quantitative estimate of drug-likeness (QED) is 0.793. The highest BCUT2D eigenvalue weighted by molar-refractivity contribution is 7.11. The van der Waals surface area contributed by atoms with E-state index in [-0.39, 0.29) is 18.5 Å². The molecule has 1 saturated heterocycles. The van der Waals surface area contributed by atoms with Crippen LogP contribution < -0.4 is 10.6 Å². The molecule has 2 rings (SSSR count). The van der Waals surface area contributed by atoms with E-state index in [0.29, 0.717) is 10.6 Å². The number of hydrogen-bond donors (Lipinski definition) is 2. The first-order valence-electron chi connectivity index (χ1n) is 5.90. The topological polar surface area (TPSA) is 88.7 Å². The van der Waals surface area contributed by atoms with Gasteiger partial charge in [0.25, 0.3) is 0 Å². The summed E-state index contributed by atoms with van der Waals surface area (Å²) in [5.41, 5.74) is 6.04. The van der Waals surface area contributed by atoms with Crippen molar-refractivity contribution >= 4 is 28.3 Å². The first kappa shape index (κ1) is 13.1. The molecule has 1 aromatic rings. The Labute approximate surface area is 110 Å². The van der Waals surface area contributed by atoms with E-state index in [4.69, 9.17) is 10.5 Å². The van der Waals surface area contributed by atoms with Crippen molar-refractivity contribution in [1.29, 1.82) is 0 Å². The Morgan fingerprint density at radius 2 is 2.44 bits per heavy atom. The van der Waals surface area contributed by atoms with Crippen molar-refractivity contribution in [2.75, 3.05) is 30.9 Å². The van der Waals surface area contributed by atoms with Crippen molar-refractivity contribution in [3.8, 4) is 0 Å². The van der Waals surface area contributed by atoms with Gasteiger partial charge in [-0.25, -0.2) is 4.79 Å². The molecule has 7 heteroatoms. The summed E-state index contributed by atoms with van der Waals surface area (Å²) in [6.45, 7) is 0.870. The maximum atomic E-state index is 11.7. The van der Waals surface area contributed by atoms with Crippen molar-refractivity contribution < 1.29 is 14.6 Å². The van der Waals surface area contributed by atoms with Crippen LogP contribution in [-0.4, -0.2) is 41.8 Å². The number of nitrogens with zero attached hydrogens (tertiary/aromatic N) is 2. The fraction of sp³-hybridized carbons (Fsp3) is 0.636. The van der Waals surface area contributed by atoms with Gasteiger partial charge in [0, 0.05) is 6.54 Å². The van der Waals surface area contributed by atoms with Gasteiger partial charge in [-0.15, -0.1) is 0 Å². The Morgan fingerprint density at radius 3 is 3.11 bits per heavy atom. The lowest BCUT2D eigenvalue weighted by atomic mass is 10.0. The maximum absolute atomic E-state index is 11.7. The molecule has 0 amide bonds. The van der Waals surface area contributed by atoms with Gasteiger partial charge >= 0.3 is 5.97 Å². The molecule has 1 aliphatic rings. The van der Waals surface area contributed by atoms with E-state index in [9.17, 15) is 9.90 Å². The minimum Gasteiger partial charge on any atom is -0.465 e. The second-order valence-electron chi connectivity index (χ2n) is 4.27. The number of aromatic nitrogens is 1. The number of anilines is 2. The smallest absolute Gasteiger partial charge is 0.344 e. The number of piperidine rings is 1. The summed E-state index contributed by atoms with van der Waals surface area (Å²) < 4.78 is 8.76. The van der Waals surface area contributed by atoms with Gasteiger partial charge in [-0.05, 0) is 30.8 Å². The molecule has 1 atom stereocenters. The van der Waals surface area contributed by atoms with Crippen molar-refractivity contribution in [1.82, 2.24) is 4.37 Å². The highest BCUT2D eigenvalue weighted by atomic mass is 32.1. The highest BCUT2D eigenvalue weighted by Gasteiger charge is 2.29. The number of hydrogen-bond acceptors (Lipinski definition) is 7. The van der Waals surface area contributed by atoms with Gasteiger partial charge in [0.2, 0.25) is 0 Å². The van der Waals surface area contributed by atoms with Crippen molar-refractivity contribution in [3.63, 3.8) is 0 Å². The molecule has 1 fully saturated rings. The Balaban J connectivity index is 2.34. The lowest BCUT2D eigenvalue weighted by Crippen LogP contribution is -2.42. The van der Waals surface area contributed by atoms with E-state index >= 15 is 0 Å². The van der Waals surface area contributed by atoms with Crippen LogP contribution in [0.3, 0.4) is 0 Å². The number of methoxy groups -OCH3 is 1. The molecule has 0 spiro atoms. The molecule has 0 aromatic carbocycles. The highest BCUT2D eigenvalue weighted by Crippen LogP contribution is 2.35. The number of esters is 1. The summed E-state index contributed by atoms with van der Waals surface area (Å²) >= 11 is 1.18. The predicted molar refractivity (Wildman–Crippen MR) is 69.9 cm³/mol. The second-order valence-corrected chi connectivity index (χ2v) is 5.02. The molecule has 1 aromatic heterocycles. The third kappa shape index (κ3) is 2.28. The molecule has 100 valence electrons. The molecule has 1 aliphatic heterocycles. The fourth-order valence-corrected chi connectivity index (χ4v) is 3.14. The van der Waals surface area contributed by atoms with Crippen LogP contribution in [0.2, 0.25) is 0 Å². The fourth-order valence-electron chi connectivity index (χ4n) is 2.24. The zero-order valence-electron chi connectivity index (χ0n) is 10.3. The number of nitrogens with two attached hydrogens (primary N) is 1.